The standard InChI is InChI=1S/C14H28N4/c1-6-14(7-2,17(3)4)12(15)8-9-13-16-10-11-18(13)5/h10-12H,6-9,15H2,1-5H3. The first kappa shape index (κ1) is 15.2. The first-order valence-corrected chi connectivity index (χ1v) is 6.87. The lowest BCUT2D eigenvalue weighted by Crippen LogP contribution is -2.56. The zero-order chi connectivity index (χ0) is 13.8. The van der Waals surface area contributed by atoms with E-state index in [1.807, 2.05) is 19.4 Å². The van der Waals surface area contributed by atoms with Gasteiger partial charge in [0.25, 0.3) is 0 Å². The Bertz CT molecular complexity index is 352. The van der Waals surface area contributed by atoms with E-state index in [9.17, 15) is 0 Å². The molecule has 1 heterocycles. The highest BCUT2D eigenvalue weighted by atomic mass is 15.2. The summed E-state index contributed by atoms with van der Waals surface area (Å²) in [5, 5.41) is 0. The van der Waals surface area contributed by atoms with Gasteiger partial charge in [-0.3, -0.25) is 0 Å². The van der Waals surface area contributed by atoms with Crippen LogP contribution in [-0.4, -0.2) is 40.1 Å². The zero-order valence-corrected chi connectivity index (χ0v) is 12.5. The molecule has 1 rings (SSSR count). The number of imidazole rings is 1. The third-order valence-corrected chi connectivity index (χ3v) is 4.41. The van der Waals surface area contributed by atoms with Crippen LogP contribution in [0.25, 0.3) is 0 Å². The molecule has 4 nitrogen and oxygen atoms in total. The summed E-state index contributed by atoms with van der Waals surface area (Å²) in [6, 6.07) is 0.180. The predicted octanol–water partition coefficient (Wildman–Crippen LogP) is 1.80. The van der Waals surface area contributed by atoms with Crippen molar-refractivity contribution in [2.24, 2.45) is 12.8 Å². The third-order valence-electron chi connectivity index (χ3n) is 4.41. The van der Waals surface area contributed by atoms with Crippen LogP contribution >= 0.6 is 0 Å². The van der Waals surface area contributed by atoms with Crippen molar-refractivity contribution in [3.05, 3.63) is 18.2 Å². The Morgan fingerprint density at radius 1 is 1.39 bits per heavy atom. The lowest BCUT2D eigenvalue weighted by atomic mass is 9.81. The smallest absolute Gasteiger partial charge is 0.108 e. The van der Waals surface area contributed by atoms with Gasteiger partial charge in [0.05, 0.1) is 0 Å². The van der Waals surface area contributed by atoms with E-state index in [-0.39, 0.29) is 11.6 Å². The number of likely N-dealkylation sites (N-methyl/N-ethyl adjacent to an activating group) is 1. The zero-order valence-electron chi connectivity index (χ0n) is 12.5. The maximum Gasteiger partial charge on any atom is 0.108 e. The normalized spacial score (nSPS) is 14.2. The molecule has 0 saturated heterocycles. The summed E-state index contributed by atoms with van der Waals surface area (Å²) >= 11 is 0. The van der Waals surface area contributed by atoms with Crippen LogP contribution in [0, 0.1) is 0 Å². The SMILES string of the molecule is CCC(CC)(C(N)CCc1nccn1C)N(C)C. The Morgan fingerprint density at radius 3 is 2.39 bits per heavy atom. The van der Waals surface area contributed by atoms with Gasteiger partial charge in [-0.1, -0.05) is 13.8 Å². The number of nitrogens with zero attached hydrogens (tertiary/aromatic N) is 3. The molecular formula is C14H28N4. The first-order valence-electron chi connectivity index (χ1n) is 6.87. The van der Waals surface area contributed by atoms with Gasteiger partial charge in [0, 0.05) is 37.4 Å². The topological polar surface area (TPSA) is 47.1 Å². The van der Waals surface area contributed by atoms with Gasteiger partial charge in [-0.05, 0) is 33.4 Å². The molecule has 104 valence electrons. The van der Waals surface area contributed by atoms with Gasteiger partial charge in [0.1, 0.15) is 5.82 Å². The monoisotopic (exact) mass is 252 g/mol. The lowest BCUT2D eigenvalue weighted by Gasteiger charge is -2.43. The van der Waals surface area contributed by atoms with Crippen molar-refractivity contribution in [3.8, 4) is 0 Å². The maximum atomic E-state index is 6.46. The molecule has 0 spiro atoms. The van der Waals surface area contributed by atoms with E-state index in [0.717, 1.165) is 31.5 Å². The summed E-state index contributed by atoms with van der Waals surface area (Å²) in [6.07, 6.45) is 7.92. The van der Waals surface area contributed by atoms with Crippen LogP contribution in [0.15, 0.2) is 12.4 Å². The minimum Gasteiger partial charge on any atom is -0.338 e. The molecule has 0 aliphatic rings. The molecule has 1 unspecified atom stereocenters. The summed E-state index contributed by atoms with van der Waals surface area (Å²) < 4.78 is 2.07. The largest absolute Gasteiger partial charge is 0.338 e. The number of nitrogens with two attached hydrogens (primary N) is 1. The van der Waals surface area contributed by atoms with Gasteiger partial charge in [-0.2, -0.15) is 0 Å². The molecule has 18 heavy (non-hydrogen) atoms. The molecule has 0 bridgehead atoms. The lowest BCUT2D eigenvalue weighted by molar-refractivity contribution is 0.102. The average Bonchev–Trinajstić information content (AvgIpc) is 2.74. The third kappa shape index (κ3) is 2.93. The number of aromatic nitrogens is 2. The van der Waals surface area contributed by atoms with Gasteiger partial charge in [-0.25, -0.2) is 4.98 Å². The van der Waals surface area contributed by atoms with Crippen LogP contribution in [0.1, 0.15) is 38.9 Å². The van der Waals surface area contributed by atoms with Crippen LogP contribution in [0.3, 0.4) is 0 Å². The Labute approximate surface area is 111 Å². The van der Waals surface area contributed by atoms with E-state index in [4.69, 9.17) is 5.73 Å². The molecule has 0 aliphatic carbocycles. The quantitative estimate of drug-likeness (QED) is 0.805. The highest BCUT2D eigenvalue weighted by molar-refractivity contribution is 4.98. The van der Waals surface area contributed by atoms with Gasteiger partial charge >= 0.3 is 0 Å². The van der Waals surface area contributed by atoms with Crippen molar-refractivity contribution < 1.29 is 0 Å². The second-order valence-electron chi connectivity index (χ2n) is 5.30. The van der Waals surface area contributed by atoms with E-state index in [2.05, 4.69) is 42.4 Å². The molecular weight excluding hydrogens is 224 g/mol. The van der Waals surface area contributed by atoms with Gasteiger partial charge in [0.2, 0.25) is 0 Å². The molecule has 0 aromatic carbocycles. The average molecular weight is 252 g/mol. The molecule has 1 atom stereocenters. The van der Waals surface area contributed by atoms with Crippen molar-refractivity contribution in [1.82, 2.24) is 14.5 Å². The fourth-order valence-corrected chi connectivity index (χ4v) is 2.93. The minimum atomic E-state index is 0.102. The fourth-order valence-electron chi connectivity index (χ4n) is 2.93. The van der Waals surface area contributed by atoms with Gasteiger partial charge in [0.15, 0.2) is 0 Å². The number of hydrogen-bond acceptors (Lipinski definition) is 3. The van der Waals surface area contributed by atoms with Gasteiger partial charge < -0.3 is 15.2 Å². The van der Waals surface area contributed by atoms with Crippen LogP contribution in [-0.2, 0) is 13.5 Å². The maximum absolute atomic E-state index is 6.46. The molecule has 0 radical (unpaired) electrons. The second kappa shape index (κ2) is 6.34. The van der Waals surface area contributed by atoms with E-state index in [1.165, 1.54) is 0 Å². The molecule has 0 amide bonds. The number of hydrogen-bond donors (Lipinski definition) is 1. The predicted molar refractivity (Wildman–Crippen MR) is 76.5 cm³/mol. The van der Waals surface area contributed by atoms with Crippen molar-refractivity contribution in [3.63, 3.8) is 0 Å². The Balaban J connectivity index is 2.68. The Kier molecular flexibility index (Phi) is 5.35. The van der Waals surface area contributed by atoms with Crippen molar-refractivity contribution in [1.29, 1.82) is 0 Å². The van der Waals surface area contributed by atoms with E-state index < -0.39 is 0 Å². The molecule has 1 aromatic rings. The first-order chi connectivity index (χ1) is 8.47. The highest BCUT2D eigenvalue weighted by Gasteiger charge is 2.35. The molecule has 1 aromatic heterocycles. The summed E-state index contributed by atoms with van der Waals surface area (Å²) in [5.41, 5.74) is 6.57. The molecule has 0 saturated carbocycles. The number of aryl methyl sites for hydroxylation is 2. The second-order valence-corrected chi connectivity index (χ2v) is 5.30. The highest BCUT2D eigenvalue weighted by Crippen LogP contribution is 2.26. The van der Waals surface area contributed by atoms with Gasteiger partial charge in [-0.15, -0.1) is 0 Å². The molecule has 2 N–H and O–H groups in total. The molecule has 4 heteroatoms. The molecule has 0 aliphatic heterocycles. The van der Waals surface area contributed by atoms with Crippen LogP contribution in [0.5, 0.6) is 0 Å². The molecule has 0 fully saturated rings. The summed E-state index contributed by atoms with van der Waals surface area (Å²) in [6.45, 7) is 4.45. The van der Waals surface area contributed by atoms with E-state index in [1.54, 1.807) is 0 Å². The van der Waals surface area contributed by atoms with E-state index >= 15 is 0 Å². The minimum absolute atomic E-state index is 0.102. The summed E-state index contributed by atoms with van der Waals surface area (Å²) in [7, 11) is 6.30. The van der Waals surface area contributed by atoms with Crippen molar-refractivity contribution in [2.45, 2.75) is 51.1 Å². The van der Waals surface area contributed by atoms with Crippen LogP contribution in [0.4, 0.5) is 0 Å². The van der Waals surface area contributed by atoms with Crippen LogP contribution < -0.4 is 5.73 Å². The van der Waals surface area contributed by atoms with Crippen molar-refractivity contribution >= 4 is 0 Å². The fraction of sp³-hybridized carbons (Fsp3) is 0.786. The van der Waals surface area contributed by atoms with Crippen LogP contribution in [0.2, 0.25) is 0 Å². The number of rotatable bonds is 7. The Hall–Kier alpha value is -0.870. The summed E-state index contributed by atoms with van der Waals surface area (Å²) in [5.74, 6) is 1.12. The van der Waals surface area contributed by atoms with E-state index in [0.29, 0.717) is 0 Å². The van der Waals surface area contributed by atoms with Crippen molar-refractivity contribution in [2.75, 3.05) is 14.1 Å². The Morgan fingerprint density at radius 2 is 2.00 bits per heavy atom. The summed E-state index contributed by atoms with van der Waals surface area (Å²) in [4.78, 5) is 6.65.